The number of carbonyl (C=O) groups excluding carboxylic acids is 1. The smallest absolute Gasteiger partial charge is 0.352 e. The van der Waals surface area contributed by atoms with E-state index in [1.54, 1.807) is 0 Å². The second kappa shape index (κ2) is 9.13. The molecule has 0 saturated heterocycles. The molecule has 1 aliphatic heterocycles. The first-order chi connectivity index (χ1) is 14.6. The van der Waals surface area contributed by atoms with Crippen molar-refractivity contribution in [3.63, 3.8) is 0 Å². The van der Waals surface area contributed by atoms with Crippen LogP contribution in [0, 0.1) is 0 Å². The van der Waals surface area contributed by atoms with Gasteiger partial charge >= 0.3 is 12.4 Å². The van der Waals surface area contributed by atoms with Gasteiger partial charge in [0.25, 0.3) is 0 Å². The molecule has 1 aliphatic rings. The van der Waals surface area contributed by atoms with Crippen molar-refractivity contribution in [2.24, 2.45) is 0 Å². The normalized spacial score (nSPS) is 15.2. The van der Waals surface area contributed by atoms with E-state index in [4.69, 9.17) is 0 Å². The summed E-state index contributed by atoms with van der Waals surface area (Å²) < 4.78 is 77.9. The minimum absolute atomic E-state index is 0.0869. The van der Waals surface area contributed by atoms with Crippen LogP contribution in [-0.4, -0.2) is 25.5 Å². The largest absolute Gasteiger partial charge is 0.416 e. The molecule has 0 fully saturated rings. The zero-order valence-corrected chi connectivity index (χ0v) is 16.3. The van der Waals surface area contributed by atoms with Crippen LogP contribution >= 0.6 is 0 Å². The summed E-state index contributed by atoms with van der Waals surface area (Å²) in [4.78, 5) is 12.7. The van der Waals surface area contributed by atoms with Crippen LogP contribution in [0.4, 0.5) is 26.3 Å². The van der Waals surface area contributed by atoms with Crippen molar-refractivity contribution in [2.75, 3.05) is 19.6 Å². The number of nitrogens with one attached hydrogen (secondary N) is 2. The molecule has 31 heavy (non-hydrogen) atoms. The molecule has 0 unspecified atom stereocenters. The molecule has 0 saturated carbocycles. The van der Waals surface area contributed by atoms with Crippen LogP contribution in [-0.2, 0) is 23.6 Å². The zero-order chi connectivity index (χ0) is 22.6. The maximum Gasteiger partial charge on any atom is 0.416 e. The van der Waals surface area contributed by atoms with E-state index in [1.807, 2.05) is 30.3 Å². The highest BCUT2D eigenvalue weighted by atomic mass is 19.4. The molecule has 0 aliphatic carbocycles. The molecule has 2 aromatic carbocycles. The predicted molar refractivity (Wildman–Crippen MR) is 104 cm³/mol. The lowest BCUT2D eigenvalue weighted by atomic mass is 9.94. The van der Waals surface area contributed by atoms with Crippen LogP contribution in [0.1, 0.15) is 28.7 Å². The van der Waals surface area contributed by atoms with Crippen LogP contribution in [0.5, 0.6) is 0 Å². The SMILES string of the molecule is O=C(NCCc1cc(C(F)(F)F)cc(C(F)(F)F)c1)C1=C(c2ccccc2)CNCC1. The Kier molecular flexibility index (Phi) is 6.74. The number of benzene rings is 2. The average Bonchev–Trinajstić information content (AvgIpc) is 2.73. The Labute approximate surface area is 175 Å². The van der Waals surface area contributed by atoms with Gasteiger partial charge in [-0.1, -0.05) is 30.3 Å². The summed E-state index contributed by atoms with van der Waals surface area (Å²) in [6.45, 7) is 1.01. The van der Waals surface area contributed by atoms with Gasteiger partial charge in [0.2, 0.25) is 5.91 Å². The summed E-state index contributed by atoms with van der Waals surface area (Å²) in [6.07, 6.45) is -9.49. The van der Waals surface area contributed by atoms with E-state index in [0.29, 0.717) is 37.2 Å². The third-order valence-corrected chi connectivity index (χ3v) is 4.96. The quantitative estimate of drug-likeness (QED) is 0.652. The van der Waals surface area contributed by atoms with E-state index in [2.05, 4.69) is 10.6 Å². The molecule has 2 N–H and O–H groups in total. The van der Waals surface area contributed by atoms with Crippen molar-refractivity contribution < 1.29 is 31.1 Å². The summed E-state index contributed by atoms with van der Waals surface area (Å²) in [6, 6.07) is 10.7. The van der Waals surface area contributed by atoms with Gasteiger partial charge in [0.1, 0.15) is 0 Å². The van der Waals surface area contributed by atoms with Gasteiger partial charge < -0.3 is 10.6 Å². The number of halogens is 6. The molecule has 9 heteroatoms. The van der Waals surface area contributed by atoms with Gasteiger partial charge in [-0.3, -0.25) is 4.79 Å². The molecule has 0 spiro atoms. The number of carbonyl (C=O) groups is 1. The standard InChI is InChI=1S/C22H20F6N2O/c23-21(24,25)16-10-14(11-17(12-16)22(26,27)28)6-9-30-20(31)18-7-8-29-13-19(18)15-4-2-1-3-5-15/h1-5,10-12,29H,6-9,13H2,(H,30,31). The first-order valence-corrected chi connectivity index (χ1v) is 9.60. The molecule has 166 valence electrons. The lowest BCUT2D eigenvalue weighted by molar-refractivity contribution is -0.143. The molecule has 0 radical (unpaired) electrons. The molecular weight excluding hydrogens is 422 g/mol. The van der Waals surface area contributed by atoms with Gasteiger partial charge in [-0.2, -0.15) is 26.3 Å². The van der Waals surface area contributed by atoms with E-state index < -0.39 is 23.5 Å². The highest BCUT2D eigenvalue weighted by Crippen LogP contribution is 2.36. The predicted octanol–water partition coefficient (Wildman–Crippen LogP) is 4.83. The molecule has 3 nitrogen and oxygen atoms in total. The topological polar surface area (TPSA) is 41.1 Å². The van der Waals surface area contributed by atoms with Crippen molar-refractivity contribution in [3.05, 3.63) is 76.4 Å². The monoisotopic (exact) mass is 442 g/mol. The number of alkyl halides is 6. The van der Waals surface area contributed by atoms with Crippen molar-refractivity contribution in [1.82, 2.24) is 10.6 Å². The number of amides is 1. The lowest BCUT2D eigenvalue weighted by Gasteiger charge is -2.21. The zero-order valence-electron chi connectivity index (χ0n) is 16.3. The Morgan fingerprint density at radius 3 is 2.13 bits per heavy atom. The van der Waals surface area contributed by atoms with Gasteiger partial charge in [-0.15, -0.1) is 0 Å². The Morgan fingerprint density at radius 2 is 1.55 bits per heavy atom. The fourth-order valence-electron chi connectivity index (χ4n) is 3.44. The van der Waals surface area contributed by atoms with E-state index >= 15 is 0 Å². The Bertz CT molecular complexity index is 932. The molecule has 3 rings (SSSR count). The van der Waals surface area contributed by atoms with Crippen molar-refractivity contribution in [1.29, 1.82) is 0 Å². The Balaban J connectivity index is 1.75. The second-order valence-electron chi connectivity index (χ2n) is 7.17. The summed E-state index contributed by atoms with van der Waals surface area (Å²) in [7, 11) is 0. The van der Waals surface area contributed by atoms with Crippen molar-refractivity contribution >= 4 is 11.5 Å². The van der Waals surface area contributed by atoms with Crippen LogP contribution in [0.3, 0.4) is 0 Å². The van der Waals surface area contributed by atoms with Gasteiger partial charge in [0.15, 0.2) is 0 Å². The van der Waals surface area contributed by atoms with E-state index in [0.717, 1.165) is 11.1 Å². The number of hydrogen-bond donors (Lipinski definition) is 2. The summed E-state index contributed by atoms with van der Waals surface area (Å²) >= 11 is 0. The van der Waals surface area contributed by atoms with Crippen LogP contribution in [0.25, 0.3) is 5.57 Å². The molecule has 2 aromatic rings. The van der Waals surface area contributed by atoms with Crippen molar-refractivity contribution in [2.45, 2.75) is 25.2 Å². The minimum Gasteiger partial charge on any atom is -0.352 e. The Hall–Kier alpha value is -2.81. The number of hydrogen-bond acceptors (Lipinski definition) is 2. The molecule has 1 heterocycles. The van der Waals surface area contributed by atoms with E-state index in [-0.39, 0.29) is 30.5 Å². The fraction of sp³-hybridized carbons (Fsp3) is 0.318. The third-order valence-electron chi connectivity index (χ3n) is 4.96. The summed E-state index contributed by atoms with van der Waals surface area (Å²) in [5.41, 5.74) is -0.613. The second-order valence-corrected chi connectivity index (χ2v) is 7.17. The maximum atomic E-state index is 13.0. The van der Waals surface area contributed by atoms with Crippen LogP contribution < -0.4 is 10.6 Å². The first-order valence-electron chi connectivity index (χ1n) is 9.60. The highest BCUT2D eigenvalue weighted by molar-refractivity contribution is 6.01. The molecule has 0 atom stereocenters. The molecule has 1 amide bonds. The lowest BCUT2D eigenvalue weighted by Crippen LogP contribution is -2.33. The van der Waals surface area contributed by atoms with Gasteiger partial charge in [0, 0.05) is 18.7 Å². The van der Waals surface area contributed by atoms with E-state index in [1.165, 1.54) is 0 Å². The minimum atomic E-state index is -4.90. The highest BCUT2D eigenvalue weighted by Gasteiger charge is 2.36. The molecule has 0 aromatic heterocycles. The summed E-state index contributed by atoms with van der Waals surface area (Å²) in [5.74, 6) is -0.372. The van der Waals surface area contributed by atoms with Gasteiger partial charge in [0.05, 0.1) is 11.1 Å². The van der Waals surface area contributed by atoms with Gasteiger partial charge in [-0.25, -0.2) is 0 Å². The maximum absolute atomic E-state index is 13.0. The number of rotatable bonds is 5. The first kappa shape index (κ1) is 22.9. The molecule has 0 bridgehead atoms. The van der Waals surface area contributed by atoms with Gasteiger partial charge in [-0.05, 0) is 54.3 Å². The Morgan fingerprint density at radius 1 is 0.935 bits per heavy atom. The van der Waals surface area contributed by atoms with Crippen LogP contribution in [0.2, 0.25) is 0 Å². The molecular formula is C22H20F6N2O. The van der Waals surface area contributed by atoms with Crippen LogP contribution in [0.15, 0.2) is 54.1 Å². The third kappa shape index (κ3) is 5.88. The van der Waals surface area contributed by atoms with E-state index in [9.17, 15) is 31.1 Å². The fourth-order valence-corrected chi connectivity index (χ4v) is 3.44. The average molecular weight is 442 g/mol. The summed E-state index contributed by atoms with van der Waals surface area (Å²) in [5, 5.41) is 5.82. The van der Waals surface area contributed by atoms with Crippen molar-refractivity contribution in [3.8, 4) is 0 Å².